The highest BCUT2D eigenvalue weighted by Crippen LogP contribution is 2.41. The Morgan fingerprint density at radius 1 is 1.10 bits per heavy atom. The number of fused-ring (bicyclic) bond motifs is 1. The summed E-state index contributed by atoms with van der Waals surface area (Å²) in [6.07, 6.45) is 8.46. The van der Waals surface area contributed by atoms with Gasteiger partial charge in [-0.2, -0.15) is 0 Å². The second kappa shape index (κ2) is 7.80. The highest BCUT2D eigenvalue weighted by atomic mass is 32.1. The van der Waals surface area contributed by atoms with Crippen LogP contribution in [0, 0.1) is 18.8 Å². The Bertz CT molecular complexity index is 988. The highest BCUT2D eigenvalue weighted by molar-refractivity contribution is 7.16. The van der Waals surface area contributed by atoms with Gasteiger partial charge in [0.15, 0.2) is 5.13 Å². The summed E-state index contributed by atoms with van der Waals surface area (Å²) < 4.78 is 0. The van der Waals surface area contributed by atoms with Crippen LogP contribution in [0.5, 0.6) is 0 Å². The smallest absolute Gasteiger partial charge is 0.230 e. The van der Waals surface area contributed by atoms with Crippen molar-refractivity contribution in [1.29, 1.82) is 0 Å². The van der Waals surface area contributed by atoms with E-state index < -0.39 is 0 Å². The van der Waals surface area contributed by atoms with Crippen LogP contribution in [0.25, 0.3) is 11.3 Å². The van der Waals surface area contributed by atoms with Crippen molar-refractivity contribution < 1.29 is 9.59 Å². The van der Waals surface area contributed by atoms with Gasteiger partial charge in [-0.1, -0.05) is 25.3 Å². The number of hydrogen-bond donors (Lipinski definition) is 1. The summed E-state index contributed by atoms with van der Waals surface area (Å²) in [7, 11) is 0. The second-order valence-electron chi connectivity index (χ2n) is 9.13. The van der Waals surface area contributed by atoms with E-state index >= 15 is 0 Å². The lowest BCUT2D eigenvalue weighted by molar-refractivity contribution is -0.121. The molecule has 30 heavy (non-hydrogen) atoms. The van der Waals surface area contributed by atoms with Gasteiger partial charge >= 0.3 is 0 Å². The van der Waals surface area contributed by atoms with Crippen molar-refractivity contribution in [2.75, 3.05) is 10.2 Å². The van der Waals surface area contributed by atoms with Gasteiger partial charge in [0, 0.05) is 34.0 Å². The summed E-state index contributed by atoms with van der Waals surface area (Å²) in [4.78, 5) is 33.2. The molecule has 2 aromatic rings. The van der Waals surface area contributed by atoms with Crippen LogP contribution in [0.1, 0.15) is 62.3 Å². The second-order valence-corrected chi connectivity index (χ2v) is 10.3. The minimum atomic E-state index is 0.118. The highest BCUT2D eigenvalue weighted by Gasteiger charge is 2.39. The van der Waals surface area contributed by atoms with Gasteiger partial charge < -0.3 is 10.2 Å². The Labute approximate surface area is 181 Å². The topological polar surface area (TPSA) is 62.3 Å². The Kier molecular flexibility index (Phi) is 5.13. The average Bonchev–Trinajstić information content (AvgIpc) is 3.45. The maximum atomic E-state index is 12.7. The molecule has 1 atom stereocenters. The van der Waals surface area contributed by atoms with E-state index in [1.54, 1.807) is 11.3 Å². The average molecular weight is 424 g/mol. The number of aryl methyl sites for hydroxylation is 1. The van der Waals surface area contributed by atoms with Crippen LogP contribution in [0.2, 0.25) is 0 Å². The van der Waals surface area contributed by atoms with Gasteiger partial charge in [0.05, 0.1) is 5.69 Å². The van der Waals surface area contributed by atoms with E-state index in [-0.39, 0.29) is 29.7 Å². The third kappa shape index (κ3) is 3.66. The van der Waals surface area contributed by atoms with Crippen molar-refractivity contribution in [3.8, 4) is 11.3 Å². The molecule has 0 saturated heterocycles. The van der Waals surface area contributed by atoms with Crippen LogP contribution in [0.15, 0.2) is 18.2 Å². The van der Waals surface area contributed by atoms with Gasteiger partial charge in [-0.25, -0.2) is 4.98 Å². The van der Waals surface area contributed by atoms with Crippen LogP contribution >= 0.6 is 11.3 Å². The number of anilines is 2. The Morgan fingerprint density at radius 2 is 1.87 bits per heavy atom. The third-order valence-electron chi connectivity index (χ3n) is 6.74. The van der Waals surface area contributed by atoms with E-state index in [4.69, 9.17) is 4.98 Å². The molecule has 2 aliphatic carbocycles. The predicted octanol–water partition coefficient (Wildman–Crippen LogP) is 5.32. The van der Waals surface area contributed by atoms with Crippen molar-refractivity contribution in [3.05, 3.63) is 28.6 Å². The molecule has 1 aromatic carbocycles. The Morgan fingerprint density at radius 3 is 2.60 bits per heavy atom. The molecule has 0 unspecified atom stereocenters. The number of thiazole rings is 1. The van der Waals surface area contributed by atoms with E-state index in [2.05, 4.69) is 37.4 Å². The van der Waals surface area contributed by atoms with Crippen molar-refractivity contribution >= 4 is 34.0 Å². The quantitative estimate of drug-likeness (QED) is 0.723. The predicted molar refractivity (Wildman–Crippen MR) is 121 cm³/mol. The number of carbonyl (C=O) groups is 2. The third-order valence-corrected chi connectivity index (χ3v) is 7.62. The largest absolute Gasteiger partial charge is 0.309 e. The summed E-state index contributed by atoms with van der Waals surface area (Å²) in [6, 6.07) is 6.54. The molecule has 0 spiro atoms. The van der Waals surface area contributed by atoms with Gasteiger partial charge in [0.2, 0.25) is 11.8 Å². The fourth-order valence-electron chi connectivity index (χ4n) is 4.93. The van der Waals surface area contributed by atoms with Crippen LogP contribution in [-0.4, -0.2) is 22.8 Å². The lowest BCUT2D eigenvalue weighted by Crippen LogP contribution is -2.36. The molecule has 2 saturated carbocycles. The fraction of sp³-hybridized carbons (Fsp3) is 0.542. The van der Waals surface area contributed by atoms with Crippen LogP contribution in [-0.2, 0) is 16.0 Å². The van der Waals surface area contributed by atoms with Gasteiger partial charge in [-0.05, 0) is 63.6 Å². The molecule has 0 bridgehead atoms. The summed E-state index contributed by atoms with van der Waals surface area (Å²) in [5.41, 5.74) is 4.27. The molecule has 2 amide bonds. The molecule has 1 aliphatic heterocycles. The monoisotopic (exact) mass is 423 g/mol. The number of hydrogen-bond acceptors (Lipinski definition) is 4. The van der Waals surface area contributed by atoms with Crippen molar-refractivity contribution in [2.24, 2.45) is 11.8 Å². The SMILES string of the molecule is Cc1sc(NC(=O)C2CCCCC2)nc1-c1ccc2c(c1)C[C@@H](C)N2C(=O)C1CC1. The molecule has 5 rings (SSSR count). The van der Waals surface area contributed by atoms with Crippen LogP contribution in [0.4, 0.5) is 10.8 Å². The maximum Gasteiger partial charge on any atom is 0.230 e. The summed E-state index contributed by atoms with van der Waals surface area (Å²) >= 11 is 1.55. The lowest BCUT2D eigenvalue weighted by atomic mass is 9.89. The molecule has 158 valence electrons. The van der Waals surface area contributed by atoms with E-state index in [0.29, 0.717) is 5.13 Å². The molecule has 1 N–H and O–H groups in total. The zero-order chi connectivity index (χ0) is 20.8. The Balaban J connectivity index is 1.36. The molecule has 1 aromatic heterocycles. The number of rotatable bonds is 4. The minimum Gasteiger partial charge on any atom is -0.309 e. The number of nitrogens with zero attached hydrogens (tertiary/aromatic N) is 2. The van der Waals surface area contributed by atoms with Crippen LogP contribution in [0.3, 0.4) is 0 Å². The zero-order valence-corrected chi connectivity index (χ0v) is 18.6. The standard InChI is InChI=1S/C24H29N3O2S/c1-14-12-19-13-18(10-11-20(19)27(14)23(29)17-8-9-17)21-15(2)30-24(25-21)26-22(28)16-6-4-3-5-7-16/h10-11,13-14,16-17H,3-9,12H2,1-2H3,(H,25,26,28)/t14-/m1/s1. The van der Waals surface area contributed by atoms with Gasteiger partial charge in [0.25, 0.3) is 0 Å². The first-order valence-corrected chi connectivity index (χ1v) is 12.1. The number of nitrogens with one attached hydrogen (secondary N) is 1. The van der Waals surface area contributed by atoms with E-state index in [1.807, 2.05) is 4.90 Å². The molecule has 2 heterocycles. The fourth-order valence-corrected chi connectivity index (χ4v) is 5.77. The zero-order valence-electron chi connectivity index (χ0n) is 17.7. The van der Waals surface area contributed by atoms with E-state index in [0.717, 1.165) is 66.8 Å². The van der Waals surface area contributed by atoms with Crippen molar-refractivity contribution in [1.82, 2.24) is 4.98 Å². The van der Waals surface area contributed by atoms with Crippen LogP contribution < -0.4 is 10.2 Å². The normalized spacial score (nSPS) is 21.5. The minimum absolute atomic E-state index is 0.118. The van der Waals surface area contributed by atoms with Crippen molar-refractivity contribution in [3.63, 3.8) is 0 Å². The first kappa shape index (κ1) is 19.7. The molecule has 3 aliphatic rings. The summed E-state index contributed by atoms with van der Waals surface area (Å²) in [5.74, 6) is 0.760. The number of carbonyl (C=O) groups excluding carboxylic acids is 2. The molecular formula is C24H29N3O2S. The van der Waals surface area contributed by atoms with Crippen molar-refractivity contribution in [2.45, 2.75) is 71.3 Å². The number of aromatic nitrogens is 1. The first-order valence-electron chi connectivity index (χ1n) is 11.3. The summed E-state index contributed by atoms with van der Waals surface area (Å²) in [5, 5.41) is 3.75. The lowest BCUT2D eigenvalue weighted by Gasteiger charge is -2.22. The Hall–Kier alpha value is -2.21. The van der Waals surface area contributed by atoms with Gasteiger partial charge in [-0.15, -0.1) is 11.3 Å². The molecule has 5 nitrogen and oxygen atoms in total. The van der Waals surface area contributed by atoms with E-state index in [1.165, 1.54) is 12.0 Å². The maximum absolute atomic E-state index is 12.7. The number of amides is 2. The van der Waals surface area contributed by atoms with Gasteiger partial charge in [-0.3, -0.25) is 9.59 Å². The van der Waals surface area contributed by atoms with Gasteiger partial charge in [0.1, 0.15) is 0 Å². The molecular weight excluding hydrogens is 394 g/mol. The number of benzene rings is 1. The molecule has 2 fully saturated rings. The molecule has 0 radical (unpaired) electrons. The first-order chi connectivity index (χ1) is 14.5. The summed E-state index contributed by atoms with van der Waals surface area (Å²) in [6.45, 7) is 4.19. The molecule has 6 heteroatoms. The van der Waals surface area contributed by atoms with E-state index in [9.17, 15) is 9.59 Å².